The Hall–Kier alpha value is -4.59. The molecule has 4 aromatic heterocycles. The van der Waals surface area contributed by atoms with Crippen molar-refractivity contribution < 1.29 is 4.39 Å². The summed E-state index contributed by atoms with van der Waals surface area (Å²) in [4.78, 5) is 16.8. The smallest absolute Gasteiger partial charge is 0.159 e. The highest BCUT2D eigenvalue weighted by Crippen LogP contribution is 2.33. The molecule has 0 aliphatic heterocycles. The van der Waals surface area contributed by atoms with Crippen molar-refractivity contribution in [1.29, 1.82) is 0 Å². The third kappa shape index (κ3) is 3.78. The van der Waals surface area contributed by atoms with E-state index in [2.05, 4.69) is 56.4 Å². The summed E-state index contributed by atoms with van der Waals surface area (Å²) in [6.45, 7) is 4.19. The van der Waals surface area contributed by atoms with Gasteiger partial charge in [-0.25, -0.2) is 9.37 Å². The fourth-order valence-corrected chi connectivity index (χ4v) is 4.31. The van der Waals surface area contributed by atoms with E-state index in [0.717, 1.165) is 27.7 Å². The van der Waals surface area contributed by atoms with Crippen LogP contribution >= 0.6 is 0 Å². The van der Waals surface area contributed by atoms with Gasteiger partial charge >= 0.3 is 0 Å². The number of H-pyrrole nitrogens is 2. The van der Waals surface area contributed by atoms with Crippen LogP contribution in [0, 0.1) is 5.82 Å². The SMILES string of the molecule is CC(C)Nc1cncc(-c2ccc3[nH]nc(-c4nc5c(-c6ccccc6F)cncc5[nH]4)c3c2)c1. The molecule has 4 heterocycles. The molecule has 35 heavy (non-hydrogen) atoms. The number of hydrogen-bond donors (Lipinski definition) is 3. The Labute approximate surface area is 200 Å². The van der Waals surface area contributed by atoms with Crippen LogP contribution in [0.2, 0.25) is 0 Å². The minimum atomic E-state index is -0.316. The van der Waals surface area contributed by atoms with Crippen LogP contribution in [0.1, 0.15) is 13.8 Å². The summed E-state index contributed by atoms with van der Waals surface area (Å²) in [5.41, 5.74) is 7.00. The largest absolute Gasteiger partial charge is 0.382 e. The number of aromatic nitrogens is 6. The van der Waals surface area contributed by atoms with E-state index < -0.39 is 0 Å². The molecule has 2 aromatic carbocycles. The zero-order valence-electron chi connectivity index (χ0n) is 19.2. The zero-order valence-corrected chi connectivity index (χ0v) is 19.2. The molecule has 3 N–H and O–H groups in total. The molecule has 0 radical (unpaired) electrons. The Morgan fingerprint density at radius 3 is 2.57 bits per heavy atom. The summed E-state index contributed by atoms with van der Waals surface area (Å²) in [7, 11) is 0. The summed E-state index contributed by atoms with van der Waals surface area (Å²) >= 11 is 0. The lowest BCUT2D eigenvalue weighted by molar-refractivity contribution is 0.631. The van der Waals surface area contributed by atoms with Gasteiger partial charge in [-0.2, -0.15) is 5.10 Å². The number of anilines is 1. The van der Waals surface area contributed by atoms with Gasteiger partial charge in [-0.15, -0.1) is 0 Å². The van der Waals surface area contributed by atoms with E-state index in [-0.39, 0.29) is 5.82 Å². The van der Waals surface area contributed by atoms with Gasteiger partial charge < -0.3 is 10.3 Å². The predicted molar refractivity (Wildman–Crippen MR) is 136 cm³/mol. The molecule has 0 fully saturated rings. The number of fused-ring (bicyclic) bond motifs is 2. The van der Waals surface area contributed by atoms with Gasteiger partial charge in [-0.05, 0) is 43.7 Å². The van der Waals surface area contributed by atoms with Gasteiger partial charge in [-0.3, -0.25) is 15.1 Å². The van der Waals surface area contributed by atoms with Crippen molar-refractivity contribution in [3.05, 3.63) is 79.1 Å². The number of benzene rings is 2. The first kappa shape index (κ1) is 21.0. The van der Waals surface area contributed by atoms with E-state index in [1.807, 2.05) is 24.5 Å². The third-order valence-corrected chi connectivity index (χ3v) is 5.87. The third-order valence-electron chi connectivity index (χ3n) is 5.87. The van der Waals surface area contributed by atoms with Crippen molar-refractivity contribution in [3.63, 3.8) is 0 Å². The molecule has 0 aliphatic carbocycles. The Morgan fingerprint density at radius 1 is 0.857 bits per heavy atom. The van der Waals surface area contributed by atoms with Crippen LogP contribution < -0.4 is 5.32 Å². The number of aromatic amines is 2. The first-order valence-electron chi connectivity index (χ1n) is 11.4. The Kier molecular flexibility index (Phi) is 4.99. The fraction of sp³-hybridized carbons (Fsp3) is 0.111. The summed E-state index contributed by atoms with van der Waals surface area (Å²) in [5.74, 6) is 0.270. The normalized spacial score (nSPS) is 11.5. The van der Waals surface area contributed by atoms with Gasteiger partial charge in [0.2, 0.25) is 0 Å². The Balaban J connectivity index is 1.46. The maximum Gasteiger partial charge on any atom is 0.159 e. The van der Waals surface area contributed by atoms with E-state index in [9.17, 15) is 4.39 Å². The minimum Gasteiger partial charge on any atom is -0.382 e. The molecular weight excluding hydrogens is 441 g/mol. The van der Waals surface area contributed by atoms with E-state index in [4.69, 9.17) is 4.98 Å². The van der Waals surface area contributed by atoms with Crippen LogP contribution in [0.4, 0.5) is 10.1 Å². The topological polar surface area (TPSA) is 95.2 Å². The molecule has 0 saturated carbocycles. The summed E-state index contributed by atoms with van der Waals surface area (Å²) in [6, 6.07) is 15.1. The van der Waals surface area contributed by atoms with E-state index in [1.54, 1.807) is 30.6 Å². The van der Waals surface area contributed by atoms with Crippen LogP contribution in [0.25, 0.3) is 55.7 Å². The fourth-order valence-electron chi connectivity index (χ4n) is 4.31. The number of hydrogen-bond acceptors (Lipinski definition) is 5. The molecule has 0 amide bonds. The van der Waals surface area contributed by atoms with Crippen LogP contribution in [0.3, 0.4) is 0 Å². The molecule has 6 rings (SSSR count). The molecule has 0 aliphatic rings. The van der Waals surface area contributed by atoms with E-state index in [1.165, 1.54) is 6.07 Å². The molecule has 172 valence electrons. The first-order valence-corrected chi connectivity index (χ1v) is 11.4. The van der Waals surface area contributed by atoms with Gasteiger partial charge in [0.25, 0.3) is 0 Å². The van der Waals surface area contributed by atoms with Crippen molar-refractivity contribution in [3.8, 4) is 33.8 Å². The average molecular weight is 464 g/mol. The predicted octanol–water partition coefficient (Wildman–Crippen LogP) is 6.19. The van der Waals surface area contributed by atoms with Crippen LogP contribution in [0.15, 0.2) is 73.3 Å². The monoisotopic (exact) mass is 463 g/mol. The van der Waals surface area contributed by atoms with Crippen molar-refractivity contribution >= 4 is 27.6 Å². The van der Waals surface area contributed by atoms with Gasteiger partial charge in [0.15, 0.2) is 5.82 Å². The summed E-state index contributed by atoms with van der Waals surface area (Å²) in [5, 5.41) is 11.9. The zero-order chi connectivity index (χ0) is 23.9. The lowest BCUT2D eigenvalue weighted by Crippen LogP contribution is -2.09. The second-order valence-electron chi connectivity index (χ2n) is 8.74. The standard InChI is InChI=1S/C27H22FN7/c1-15(2)31-18-9-17(11-29-12-18)16-7-8-23-20(10-16)26(35-34-23)27-32-24-14-30-13-21(25(24)33-27)19-5-3-4-6-22(19)28/h3-15,31H,1-2H3,(H,32,33)(H,34,35). The molecular formula is C27H22FN7. The Bertz CT molecular complexity index is 1680. The van der Waals surface area contributed by atoms with Gasteiger partial charge in [0.05, 0.1) is 22.9 Å². The highest BCUT2D eigenvalue weighted by atomic mass is 19.1. The Morgan fingerprint density at radius 2 is 1.71 bits per heavy atom. The van der Waals surface area contributed by atoms with Gasteiger partial charge in [-0.1, -0.05) is 24.3 Å². The molecule has 0 atom stereocenters. The molecule has 6 aromatic rings. The maximum atomic E-state index is 14.5. The molecule has 0 bridgehead atoms. The maximum absolute atomic E-state index is 14.5. The number of rotatable bonds is 5. The van der Waals surface area contributed by atoms with Crippen LogP contribution in [-0.4, -0.2) is 36.2 Å². The summed E-state index contributed by atoms with van der Waals surface area (Å²) < 4.78 is 14.5. The number of nitrogens with zero attached hydrogens (tertiary/aromatic N) is 4. The number of halogens is 1. The highest BCUT2D eigenvalue weighted by Gasteiger charge is 2.17. The van der Waals surface area contributed by atoms with Crippen molar-refractivity contribution in [2.24, 2.45) is 0 Å². The lowest BCUT2D eigenvalue weighted by atomic mass is 10.0. The highest BCUT2D eigenvalue weighted by molar-refractivity contribution is 5.98. The van der Waals surface area contributed by atoms with Gasteiger partial charge in [0.1, 0.15) is 17.0 Å². The quantitative estimate of drug-likeness (QED) is 0.283. The van der Waals surface area contributed by atoms with E-state index >= 15 is 0 Å². The summed E-state index contributed by atoms with van der Waals surface area (Å²) in [6.07, 6.45) is 6.99. The minimum absolute atomic E-state index is 0.312. The number of nitrogens with one attached hydrogen (secondary N) is 3. The second kappa shape index (κ2) is 8.32. The van der Waals surface area contributed by atoms with Gasteiger partial charge in [0, 0.05) is 46.7 Å². The number of pyridine rings is 2. The average Bonchev–Trinajstić information content (AvgIpc) is 3.47. The molecule has 0 unspecified atom stereocenters. The van der Waals surface area contributed by atoms with Crippen LogP contribution in [-0.2, 0) is 0 Å². The molecule has 0 saturated heterocycles. The van der Waals surface area contributed by atoms with Crippen molar-refractivity contribution in [2.75, 3.05) is 5.32 Å². The molecule has 8 heteroatoms. The molecule has 0 spiro atoms. The first-order chi connectivity index (χ1) is 17.1. The number of imidazole rings is 1. The second-order valence-corrected chi connectivity index (χ2v) is 8.74. The van der Waals surface area contributed by atoms with Crippen molar-refractivity contribution in [1.82, 2.24) is 30.1 Å². The van der Waals surface area contributed by atoms with Crippen molar-refractivity contribution in [2.45, 2.75) is 19.9 Å². The van der Waals surface area contributed by atoms with E-state index in [0.29, 0.717) is 39.7 Å². The molecule has 7 nitrogen and oxygen atoms in total. The lowest BCUT2D eigenvalue weighted by Gasteiger charge is -2.11. The van der Waals surface area contributed by atoms with Crippen LogP contribution in [0.5, 0.6) is 0 Å².